The molecule has 1 aliphatic rings. The third kappa shape index (κ3) is 4.57. The van der Waals surface area contributed by atoms with Crippen molar-refractivity contribution in [2.45, 2.75) is 20.1 Å². The van der Waals surface area contributed by atoms with Gasteiger partial charge in [-0.3, -0.25) is 18.9 Å². The van der Waals surface area contributed by atoms with Crippen molar-refractivity contribution in [3.8, 4) is 16.9 Å². The van der Waals surface area contributed by atoms with Crippen LogP contribution < -0.4 is 15.4 Å². The van der Waals surface area contributed by atoms with Crippen molar-refractivity contribution in [3.63, 3.8) is 0 Å². The first-order valence-corrected chi connectivity index (χ1v) is 13.9. The van der Waals surface area contributed by atoms with E-state index in [1.54, 1.807) is 15.3 Å². The van der Waals surface area contributed by atoms with Crippen LogP contribution in [0.5, 0.6) is 5.75 Å². The van der Waals surface area contributed by atoms with E-state index in [1.807, 2.05) is 25.5 Å². The van der Waals surface area contributed by atoms with Crippen molar-refractivity contribution in [3.05, 3.63) is 71.8 Å². The summed E-state index contributed by atoms with van der Waals surface area (Å²) in [5, 5.41) is 7.73. The average molecular weight is 570 g/mol. The van der Waals surface area contributed by atoms with Gasteiger partial charge in [0.25, 0.3) is 0 Å². The molecular formula is C24H23IN6OS. The van der Waals surface area contributed by atoms with Gasteiger partial charge in [-0.05, 0) is 49.4 Å². The maximum atomic E-state index is 6.03. The highest BCUT2D eigenvalue weighted by atomic mass is 127. The van der Waals surface area contributed by atoms with E-state index in [-0.39, 0.29) is 0 Å². The van der Waals surface area contributed by atoms with Gasteiger partial charge in [0.1, 0.15) is 18.2 Å². The maximum absolute atomic E-state index is 6.03. The van der Waals surface area contributed by atoms with Crippen LogP contribution in [-0.2, 0) is 13.2 Å². The predicted molar refractivity (Wildman–Crippen MR) is 144 cm³/mol. The fraction of sp³-hybridized carbons (Fsp3) is 0.208. The zero-order chi connectivity index (χ0) is 22.8. The highest BCUT2D eigenvalue weighted by Crippen LogP contribution is 2.38. The lowest BCUT2D eigenvalue weighted by atomic mass is 9.99. The molecule has 168 valence electrons. The van der Waals surface area contributed by atoms with Crippen molar-refractivity contribution >= 4 is 52.8 Å². The lowest BCUT2D eigenvalue weighted by Gasteiger charge is -2.12. The summed E-state index contributed by atoms with van der Waals surface area (Å²) < 4.78 is 8.18. The van der Waals surface area contributed by atoms with E-state index >= 15 is 0 Å². The van der Waals surface area contributed by atoms with Crippen molar-refractivity contribution in [2.24, 2.45) is 4.99 Å². The van der Waals surface area contributed by atoms with Crippen LogP contribution in [0.25, 0.3) is 22.0 Å². The minimum Gasteiger partial charge on any atom is -0.487 e. The molecule has 4 aromatic rings. The number of benzene rings is 1. The molecule has 0 saturated carbocycles. The molecule has 9 heteroatoms. The number of ether oxygens (including phenoxy) is 1. The number of nitrogens with one attached hydrogen (secondary N) is 2. The highest BCUT2D eigenvalue weighted by molar-refractivity contribution is 14.2. The Morgan fingerprint density at radius 3 is 2.88 bits per heavy atom. The van der Waals surface area contributed by atoms with Crippen LogP contribution in [0.1, 0.15) is 23.6 Å². The second-order valence-corrected chi connectivity index (χ2v) is 9.55. The molecule has 5 rings (SSSR count). The van der Waals surface area contributed by atoms with Crippen LogP contribution in [0.4, 0.5) is 5.82 Å². The van der Waals surface area contributed by atoms with Gasteiger partial charge < -0.3 is 15.4 Å². The standard InChI is InChI=1S/C24H23IN6OS/c1-15-23-21(12-31(33-25)24(23)30-14-26-2)18-3-4-22-19(6-18)7-20(11-29-22)32-13-17-5-16(10-28-15)8-27-9-17/h3-9,11-12,26,30H,10,13-14H2,1-2H3. The van der Waals surface area contributed by atoms with E-state index < -0.39 is 0 Å². The number of rotatable bonds is 4. The zero-order valence-electron chi connectivity index (χ0n) is 18.3. The molecule has 5 bridgehead atoms. The van der Waals surface area contributed by atoms with Gasteiger partial charge >= 0.3 is 0 Å². The summed E-state index contributed by atoms with van der Waals surface area (Å²) >= 11 is 2.31. The van der Waals surface area contributed by atoms with Gasteiger partial charge in [-0.15, -0.1) is 0 Å². The monoisotopic (exact) mass is 570 g/mol. The Balaban J connectivity index is 1.74. The van der Waals surface area contributed by atoms with Crippen LogP contribution in [0.2, 0.25) is 0 Å². The first-order chi connectivity index (χ1) is 16.2. The smallest absolute Gasteiger partial charge is 0.138 e. The molecule has 0 aliphatic carbocycles. The Labute approximate surface area is 208 Å². The minimum absolute atomic E-state index is 0.437. The van der Waals surface area contributed by atoms with Gasteiger partial charge in [0.05, 0.1) is 24.9 Å². The zero-order valence-corrected chi connectivity index (χ0v) is 21.3. The first kappa shape index (κ1) is 22.2. The summed E-state index contributed by atoms with van der Waals surface area (Å²) in [5.74, 6) is 1.76. The number of hydrogen-bond donors (Lipinski definition) is 2. The Bertz CT molecular complexity index is 1350. The van der Waals surface area contributed by atoms with Gasteiger partial charge in [0, 0.05) is 76.7 Å². The molecule has 0 amide bonds. The number of aliphatic imine (C=N–C) groups is 1. The van der Waals surface area contributed by atoms with Crippen molar-refractivity contribution < 1.29 is 4.74 Å². The quantitative estimate of drug-likeness (QED) is 0.252. The molecule has 1 aliphatic heterocycles. The molecule has 0 atom stereocenters. The SMILES string of the molecule is CNCNc1c2c(cn1SI)-c1ccc3ncc(cc3c1)OCc1cncc(c1)CN=C2C. The molecular weight excluding hydrogens is 547 g/mol. The van der Waals surface area contributed by atoms with Crippen LogP contribution in [-0.4, -0.2) is 33.4 Å². The molecule has 1 aromatic carbocycles. The summed E-state index contributed by atoms with van der Waals surface area (Å²) in [4.78, 5) is 14.0. The average Bonchev–Trinajstić information content (AvgIpc) is 3.22. The topological polar surface area (TPSA) is 76.4 Å². The van der Waals surface area contributed by atoms with Gasteiger partial charge in [0.15, 0.2) is 0 Å². The van der Waals surface area contributed by atoms with Gasteiger partial charge in [-0.1, -0.05) is 6.07 Å². The number of hydrogen-bond acceptors (Lipinski definition) is 7. The molecule has 2 N–H and O–H groups in total. The number of anilines is 1. The molecule has 7 nitrogen and oxygen atoms in total. The number of fused-ring (bicyclic) bond motifs is 6. The Morgan fingerprint density at radius 2 is 2.03 bits per heavy atom. The maximum Gasteiger partial charge on any atom is 0.138 e. The number of aromatic nitrogens is 3. The normalized spacial score (nSPS) is 13.2. The second-order valence-electron chi connectivity index (χ2n) is 7.84. The van der Waals surface area contributed by atoms with E-state index in [0.717, 1.165) is 56.0 Å². The molecule has 3 aromatic heterocycles. The minimum atomic E-state index is 0.437. The van der Waals surface area contributed by atoms with Crippen LogP contribution in [0.15, 0.2) is 60.1 Å². The van der Waals surface area contributed by atoms with Crippen LogP contribution in [0, 0.1) is 0 Å². The van der Waals surface area contributed by atoms with Gasteiger partial charge in [-0.25, -0.2) is 0 Å². The van der Waals surface area contributed by atoms with Crippen LogP contribution >= 0.6 is 30.3 Å². The lowest BCUT2D eigenvalue weighted by molar-refractivity contribution is 0.305. The summed E-state index contributed by atoms with van der Waals surface area (Å²) in [6.45, 7) is 3.71. The Morgan fingerprint density at radius 1 is 1.15 bits per heavy atom. The van der Waals surface area contributed by atoms with Gasteiger partial charge in [0.2, 0.25) is 0 Å². The number of halogens is 1. The van der Waals surface area contributed by atoms with Crippen molar-refractivity contribution in [2.75, 3.05) is 19.0 Å². The molecule has 33 heavy (non-hydrogen) atoms. The third-order valence-corrected chi connectivity index (χ3v) is 7.27. The number of pyridine rings is 2. The second kappa shape index (κ2) is 9.70. The van der Waals surface area contributed by atoms with Gasteiger partial charge in [-0.2, -0.15) is 0 Å². The summed E-state index contributed by atoms with van der Waals surface area (Å²) in [6, 6.07) is 10.5. The largest absolute Gasteiger partial charge is 0.487 e. The predicted octanol–water partition coefficient (Wildman–Crippen LogP) is 5.44. The summed E-state index contributed by atoms with van der Waals surface area (Å²) in [7, 11) is 3.55. The molecule has 0 spiro atoms. The fourth-order valence-electron chi connectivity index (χ4n) is 3.98. The molecule has 0 radical (unpaired) electrons. The third-order valence-electron chi connectivity index (χ3n) is 5.56. The molecule has 0 unspecified atom stereocenters. The van der Waals surface area contributed by atoms with Crippen molar-refractivity contribution in [1.29, 1.82) is 0 Å². The first-order valence-electron chi connectivity index (χ1n) is 10.6. The lowest BCUT2D eigenvalue weighted by Crippen LogP contribution is -2.19. The van der Waals surface area contributed by atoms with E-state index in [0.29, 0.717) is 19.8 Å². The number of nitrogens with zero attached hydrogens (tertiary/aromatic N) is 4. The van der Waals surface area contributed by atoms with Crippen LogP contribution in [0.3, 0.4) is 0 Å². The highest BCUT2D eigenvalue weighted by Gasteiger charge is 2.20. The summed E-state index contributed by atoms with van der Waals surface area (Å²) in [5.41, 5.74) is 7.28. The van der Waals surface area contributed by atoms with E-state index in [9.17, 15) is 0 Å². The molecule has 0 saturated heterocycles. The van der Waals surface area contributed by atoms with E-state index in [1.165, 1.54) is 0 Å². The van der Waals surface area contributed by atoms with Crippen molar-refractivity contribution in [1.82, 2.24) is 19.3 Å². The molecule has 4 heterocycles. The fourth-order valence-corrected chi connectivity index (χ4v) is 5.28. The Hall–Kier alpha value is -2.63. The molecule has 0 fully saturated rings. The summed E-state index contributed by atoms with van der Waals surface area (Å²) in [6.07, 6.45) is 7.64. The van der Waals surface area contributed by atoms with E-state index in [2.05, 4.69) is 83.2 Å². The Kier molecular flexibility index (Phi) is 6.52. The van der Waals surface area contributed by atoms with E-state index in [4.69, 9.17) is 9.73 Å².